The Kier molecular flexibility index (Phi) is 11.0. The van der Waals surface area contributed by atoms with Crippen molar-refractivity contribution in [2.75, 3.05) is 0 Å². The van der Waals surface area contributed by atoms with Crippen molar-refractivity contribution in [1.82, 2.24) is 0 Å². The van der Waals surface area contributed by atoms with Crippen LogP contribution in [0.2, 0.25) is 0 Å². The van der Waals surface area contributed by atoms with Gasteiger partial charge in [0.15, 0.2) is 0 Å². The first-order chi connectivity index (χ1) is 10.4. The van der Waals surface area contributed by atoms with Gasteiger partial charge in [-0.1, -0.05) is 37.5 Å². The van der Waals surface area contributed by atoms with Crippen LogP contribution in [0.15, 0.2) is 30.3 Å². The Bertz CT molecular complexity index is 437. The normalized spacial score (nSPS) is 9.45. The second-order valence-corrected chi connectivity index (χ2v) is 4.73. The predicted molar refractivity (Wildman–Crippen MR) is 81.0 cm³/mol. The lowest BCUT2D eigenvalue weighted by Crippen LogP contribution is -1.95. The molecule has 1 rings (SSSR count). The zero-order valence-corrected chi connectivity index (χ0v) is 12.4. The van der Waals surface area contributed by atoms with Gasteiger partial charge in [0.1, 0.15) is 0 Å². The Labute approximate surface area is 129 Å². The lowest BCUT2D eigenvalue weighted by Gasteiger charge is -1.97. The quantitative estimate of drug-likeness (QED) is 0.603. The van der Waals surface area contributed by atoms with Gasteiger partial charge >= 0.3 is 17.9 Å². The van der Waals surface area contributed by atoms with Crippen LogP contribution < -0.4 is 0 Å². The number of benzene rings is 1. The third kappa shape index (κ3) is 12.7. The average molecular weight is 310 g/mol. The van der Waals surface area contributed by atoms with Crippen molar-refractivity contribution in [3.05, 3.63) is 35.9 Å². The number of aromatic carboxylic acids is 1. The van der Waals surface area contributed by atoms with Crippen molar-refractivity contribution >= 4 is 17.9 Å². The van der Waals surface area contributed by atoms with Gasteiger partial charge in [0.25, 0.3) is 0 Å². The van der Waals surface area contributed by atoms with Crippen LogP contribution in [0.3, 0.4) is 0 Å². The molecule has 0 aliphatic rings. The van der Waals surface area contributed by atoms with E-state index in [2.05, 4.69) is 0 Å². The van der Waals surface area contributed by atoms with E-state index in [1.54, 1.807) is 30.3 Å². The van der Waals surface area contributed by atoms with Crippen molar-refractivity contribution in [1.29, 1.82) is 0 Å². The molecule has 0 spiro atoms. The number of carboxylic acid groups (broad SMARTS) is 3. The lowest BCUT2D eigenvalue weighted by atomic mass is 10.1. The molecule has 0 amide bonds. The smallest absolute Gasteiger partial charge is 0.335 e. The molecule has 22 heavy (non-hydrogen) atoms. The van der Waals surface area contributed by atoms with Gasteiger partial charge in [-0.3, -0.25) is 9.59 Å². The standard InChI is InChI=1S/C9H16O4.C7H6O2/c10-8(11)6-4-2-1-3-5-7-9(12)13;8-7(9)6-4-2-1-3-5-6/h1-7H2,(H,10,11)(H,12,13);1-5H,(H,8,9). The number of hydrogen-bond donors (Lipinski definition) is 3. The number of carbonyl (C=O) groups is 3. The van der Waals surface area contributed by atoms with Crippen molar-refractivity contribution in [2.45, 2.75) is 44.9 Å². The van der Waals surface area contributed by atoms with Crippen molar-refractivity contribution in [3.63, 3.8) is 0 Å². The van der Waals surface area contributed by atoms with Crippen LogP contribution >= 0.6 is 0 Å². The Hall–Kier alpha value is -2.37. The minimum Gasteiger partial charge on any atom is -0.481 e. The molecule has 1 aromatic rings. The summed E-state index contributed by atoms with van der Waals surface area (Å²) >= 11 is 0. The Morgan fingerprint density at radius 2 is 1.09 bits per heavy atom. The maximum Gasteiger partial charge on any atom is 0.335 e. The second kappa shape index (κ2) is 12.4. The van der Waals surface area contributed by atoms with E-state index in [0.29, 0.717) is 18.4 Å². The van der Waals surface area contributed by atoms with Gasteiger partial charge in [0, 0.05) is 12.8 Å². The van der Waals surface area contributed by atoms with Crippen LogP contribution in [-0.2, 0) is 9.59 Å². The summed E-state index contributed by atoms with van der Waals surface area (Å²) in [6.45, 7) is 0. The van der Waals surface area contributed by atoms with Gasteiger partial charge < -0.3 is 15.3 Å². The molecule has 3 N–H and O–H groups in total. The lowest BCUT2D eigenvalue weighted by molar-refractivity contribution is -0.138. The van der Waals surface area contributed by atoms with Gasteiger partial charge in [0.05, 0.1) is 5.56 Å². The summed E-state index contributed by atoms with van der Waals surface area (Å²) in [6, 6.07) is 8.30. The molecule has 0 unspecified atom stereocenters. The van der Waals surface area contributed by atoms with E-state index in [1.165, 1.54) is 0 Å². The van der Waals surface area contributed by atoms with E-state index in [1.807, 2.05) is 0 Å². The molecule has 0 fully saturated rings. The molecule has 0 aromatic heterocycles. The SMILES string of the molecule is O=C(O)CCCCCCCC(=O)O.O=C(O)c1ccccc1. The molecule has 0 heterocycles. The highest BCUT2D eigenvalue weighted by atomic mass is 16.4. The fraction of sp³-hybridized carbons (Fsp3) is 0.438. The van der Waals surface area contributed by atoms with Gasteiger partial charge in [-0.2, -0.15) is 0 Å². The van der Waals surface area contributed by atoms with E-state index < -0.39 is 17.9 Å². The summed E-state index contributed by atoms with van der Waals surface area (Å²) in [5, 5.41) is 25.0. The zero-order valence-electron chi connectivity index (χ0n) is 12.4. The summed E-state index contributed by atoms with van der Waals surface area (Å²) in [5.74, 6) is -2.40. The van der Waals surface area contributed by atoms with E-state index >= 15 is 0 Å². The number of aliphatic carboxylic acids is 2. The summed E-state index contributed by atoms with van der Waals surface area (Å²) in [7, 11) is 0. The Morgan fingerprint density at radius 3 is 1.41 bits per heavy atom. The van der Waals surface area contributed by atoms with E-state index in [0.717, 1.165) is 19.3 Å². The minimum atomic E-state index is -0.879. The monoisotopic (exact) mass is 310 g/mol. The molecule has 0 saturated carbocycles. The van der Waals surface area contributed by atoms with Gasteiger partial charge in [0.2, 0.25) is 0 Å². The molecule has 6 heteroatoms. The molecule has 0 saturated heterocycles. The average Bonchev–Trinajstić information content (AvgIpc) is 2.47. The van der Waals surface area contributed by atoms with Crippen LogP contribution in [0.25, 0.3) is 0 Å². The summed E-state index contributed by atoms with van der Waals surface area (Å²) < 4.78 is 0. The molecule has 122 valence electrons. The number of unbranched alkanes of at least 4 members (excludes halogenated alkanes) is 4. The number of carboxylic acids is 3. The number of hydrogen-bond acceptors (Lipinski definition) is 3. The molecule has 0 bridgehead atoms. The summed E-state index contributed by atoms with van der Waals surface area (Å²) in [4.78, 5) is 30.4. The summed E-state index contributed by atoms with van der Waals surface area (Å²) in [5.41, 5.74) is 0.331. The Balaban J connectivity index is 0.000000425. The first kappa shape index (κ1) is 19.6. The fourth-order valence-corrected chi connectivity index (χ4v) is 1.66. The van der Waals surface area contributed by atoms with Gasteiger partial charge in [-0.05, 0) is 25.0 Å². The van der Waals surface area contributed by atoms with E-state index in [4.69, 9.17) is 15.3 Å². The van der Waals surface area contributed by atoms with Gasteiger partial charge in [-0.15, -0.1) is 0 Å². The van der Waals surface area contributed by atoms with Gasteiger partial charge in [-0.25, -0.2) is 4.79 Å². The van der Waals surface area contributed by atoms with Crippen molar-refractivity contribution < 1.29 is 29.7 Å². The van der Waals surface area contributed by atoms with Crippen LogP contribution in [0.4, 0.5) is 0 Å². The molecule has 0 aliphatic heterocycles. The molecule has 0 radical (unpaired) electrons. The van der Waals surface area contributed by atoms with E-state index in [9.17, 15) is 14.4 Å². The maximum absolute atomic E-state index is 10.2. The highest BCUT2D eigenvalue weighted by Crippen LogP contribution is 2.06. The van der Waals surface area contributed by atoms with Crippen LogP contribution in [0.1, 0.15) is 55.3 Å². The highest BCUT2D eigenvalue weighted by Gasteiger charge is 1.98. The third-order valence-corrected chi connectivity index (χ3v) is 2.80. The molecule has 6 nitrogen and oxygen atoms in total. The van der Waals surface area contributed by atoms with Crippen LogP contribution in [-0.4, -0.2) is 33.2 Å². The van der Waals surface area contributed by atoms with E-state index in [-0.39, 0.29) is 12.8 Å². The molecule has 1 aromatic carbocycles. The van der Waals surface area contributed by atoms with Crippen LogP contribution in [0, 0.1) is 0 Å². The summed E-state index contributed by atoms with van der Waals surface area (Å²) in [6.07, 6.45) is 4.53. The predicted octanol–water partition coefficient (Wildman–Crippen LogP) is 3.27. The first-order valence-electron chi connectivity index (χ1n) is 7.15. The fourth-order valence-electron chi connectivity index (χ4n) is 1.66. The number of rotatable bonds is 9. The van der Waals surface area contributed by atoms with Crippen molar-refractivity contribution in [2.24, 2.45) is 0 Å². The Morgan fingerprint density at radius 1 is 0.682 bits per heavy atom. The third-order valence-electron chi connectivity index (χ3n) is 2.80. The first-order valence-corrected chi connectivity index (χ1v) is 7.15. The highest BCUT2D eigenvalue weighted by molar-refractivity contribution is 5.87. The minimum absolute atomic E-state index is 0.221. The second-order valence-electron chi connectivity index (χ2n) is 4.73. The van der Waals surface area contributed by atoms with Crippen molar-refractivity contribution in [3.8, 4) is 0 Å². The van der Waals surface area contributed by atoms with Crippen LogP contribution in [0.5, 0.6) is 0 Å². The molecular formula is C16H22O6. The molecule has 0 atom stereocenters. The maximum atomic E-state index is 10.2. The topological polar surface area (TPSA) is 112 Å². The largest absolute Gasteiger partial charge is 0.481 e. The zero-order chi connectivity index (χ0) is 16.8. The molecular weight excluding hydrogens is 288 g/mol. The molecule has 0 aliphatic carbocycles.